The Morgan fingerprint density at radius 2 is 2.38 bits per heavy atom. The molecular weight excluding hydrogens is 206 g/mol. The Bertz CT molecular complexity index is 290. The molecule has 1 rings (SSSR count). The molecule has 0 aliphatic heterocycles. The minimum atomic E-state index is -0.0320. The molecule has 0 saturated carbocycles. The molecule has 0 amide bonds. The van der Waals surface area contributed by atoms with Gasteiger partial charge in [0.2, 0.25) is 0 Å². The van der Waals surface area contributed by atoms with Crippen LogP contribution >= 0.6 is 0 Å². The first kappa shape index (κ1) is 12.6. The van der Waals surface area contributed by atoms with Crippen LogP contribution in [0.5, 0.6) is 0 Å². The van der Waals surface area contributed by atoms with E-state index in [1.54, 1.807) is 6.20 Å². The van der Waals surface area contributed by atoms with Crippen LogP contribution in [0, 0.1) is 0 Å². The number of hydrogen-bond acceptors (Lipinski definition) is 4. The number of carbonyl (C=O) groups excluding carboxylic acids is 1. The number of aromatic nitrogens is 1. The number of nitrogens with zero attached hydrogens (tertiary/aromatic N) is 1. The topological polar surface area (TPSA) is 48.4 Å². The number of hydrogen-bond donors (Lipinski definition) is 0. The van der Waals surface area contributed by atoms with Gasteiger partial charge in [-0.15, -0.1) is 0 Å². The zero-order chi connectivity index (χ0) is 11.6. The third kappa shape index (κ3) is 4.89. The molecule has 0 spiro atoms. The second-order valence-electron chi connectivity index (χ2n) is 3.60. The van der Waals surface area contributed by atoms with Crippen molar-refractivity contribution in [1.82, 2.24) is 4.98 Å². The predicted molar refractivity (Wildman–Crippen MR) is 59.5 cm³/mol. The lowest BCUT2D eigenvalue weighted by molar-refractivity contribution is -0.288. The maximum atomic E-state index is 10.0. The van der Waals surface area contributed by atoms with Crippen molar-refractivity contribution in [2.75, 3.05) is 0 Å². The summed E-state index contributed by atoms with van der Waals surface area (Å²) in [6.07, 6.45) is 7.14. The van der Waals surface area contributed by atoms with Gasteiger partial charge in [-0.05, 0) is 30.9 Å². The molecule has 16 heavy (non-hydrogen) atoms. The fourth-order valence-corrected chi connectivity index (χ4v) is 1.54. The van der Waals surface area contributed by atoms with Gasteiger partial charge in [-0.3, -0.25) is 9.78 Å². The molecular formula is C12H17NO3. The van der Waals surface area contributed by atoms with Gasteiger partial charge in [0, 0.05) is 12.4 Å². The van der Waals surface area contributed by atoms with Gasteiger partial charge in [-0.1, -0.05) is 19.4 Å². The van der Waals surface area contributed by atoms with Crippen LogP contribution in [0.4, 0.5) is 0 Å². The molecule has 0 bridgehead atoms. The smallest absolute Gasteiger partial charge is 0.302 e. The molecule has 0 aliphatic rings. The van der Waals surface area contributed by atoms with Crippen molar-refractivity contribution in [1.29, 1.82) is 0 Å². The van der Waals surface area contributed by atoms with E-state index in [1.165, 1.54) is 5.56 Å². The second-order valence-corrected chi connectivity index (χ2v) is 3.60. The molecule has 1 atom stereocenters. The van der Waals surface area contributed by atoms with E-state index in [0.717, 1.165) is 25.7 Å². The average Bonchev–Trinajstić information content (AvgIpc) is 2.34. The highest BCUT2D eigenvalue weighted by Crippen LogP contribution is 2.11. The van der Waals surface area contributed by atoms with Crippen molar-refractivity contribution in [3.8, 4) is 0 Å². The number of aryl methyl sites for hydroxylation is 1. The Hall–Kier alpha value is -1.42. The number of pyridine rings is 1. The maximum absolute atomic E-state index is 10.0. The Labute approximate surface area is 95.5 Å². The highest BCUT2D eigenvalue weighted by atomic mass is 17.2. The van der Waals surface area contributed by atoms with E-state index in [4.69, 9.17) is 4.89 Å². The summed E-state index contributed by atoms with van der Waals surface area (Å²) in [5.41, 5.74) is 1.17. The summed E-state index contributed by atoms with van der Waals surface area (Å²) in [7, 11) is 0. The van der Waals surface area contributed by atoms with Gasteiger partial charge in [0.05, 0.1) is 0 Å². The normalized spacial score (nSPS) is 12.1. The fourth-order valence-electron chi connectivity index (χ4n) is 1.54. The summed E-state index contributed by atoms with van der Waals surface area (Å²) in [4.78, 5) is 23.4. The van der Waals surface area contributed by atoms with Gasteiger partial charge in [0.25, 0.3) is 0 Å². The number of carbonyl (C=O) groups is 1. The Balaban J connectivity index is 2.34. The summed E-state index contributed by atoms with van der Waals surface area (Å²) in [5, 5.41) is 0. The molecule has 1 aromatic rings. The van der Waals surface area contributed by atoms with Crippen molar-refractivity contribution >= 4 is 6.47 Å². The minimum Gasteiger partial charge on any atom is -0.302 e. The Morgan fingerprint density at radius 3 is 3.00 bits per heavy atom. The van der Waals surface area contributed by atoms with Crippen molar-refractivity contribution in [3.05, 3.63) is 30.1 Å². The van der Waals surface area contributed by atoms with Crippen molar-refractivity contribution in [2.24, 2.45) is 0 Å². The van der Waals surface area contributed by atoms with Gasteiger partial charge in [0.1, 0.15) is 6.10 Å². The van der Waals surface area contributed by atoms with Gasteiger partial charge < -0.3 is 4.89 Å². The zero-order valence-electron chi connectivity index (χ0n) is 9.46. The van der Waals surface area contributed by atoms with Crippen molar-refractivity contribution < 1.29 is 14.6 Å². The van der Waals surface area contributed by atoms with Crippen LogP contribution in [0.25, 0.3) is 0 Å². The van der Waals surface area contributed by atoms with Crippen molar-refractivity contribution in [3.63, 3.8) is 0 Å². The summed E-state index contributed by atoms with van der Waals surface area (Å²) >= 11 is 0. The summed E-state index contributed by atoms with van der Waals surface area (Å²) in [6.45, 7) is 2.38. The third-order valence-electron chi connectivity index (χ3n) is 2.32. The van der Waals surface area contributed by atoms with Crippen molar-refractivity contribution in [2.45, 2.75) is 38.7 Å². The molecule has 1 heterocycles. The first-order valence-corrected chi connectivity index (χ1v) is 5.51. The van der Waals surface area contributed by atoms with E-state index in [2.05, 4.69) is 16.8 Å². The lowest BCUT2D eigenvalue weighted by atomic mass is 10.1. The molecule has 0 N–H and O–H groups in total. The predicted octanol–water partition coefficient (Wildman–Crippen LogP) is 2.29. The van der Waals surface area contributed by atoms with Crippen LogP contribution in [-0.2, 0) is 21.0 Å². The van der Waals surface area contributed by atoms with Gasteiger partial charge in [0.15, 0.2) is 0 Å². The van der Waals surface area contributed by atoms with Crippen LogP contribution in [-0.4, -0.2) is 17.6 Å². The van der Waals surface area contributed by atoms with E-state index in [9.17, 15) is 4.79 Å². The molecule has 88 valence electrons. The van der Waals surface area contributed by atoms with E-state index in [1.807, 2.05) is 18.3 Å². The largest absolute Gasteiger partial charge is 0.330 e. The minimum absolute atomic E-state index is 0.0320. The van der Waals surface area contributed by atoms with E-state index in [0.29, 0.717) is 6.47 Å². The summed E-state index contributed by atoms with van der Waals surface area (Å²) in [6, 6.07) is 3.93. The fraction of sp³-hybridized carbons (Fsp3) is 0.500. The Kier molecular flexibility index (Phi) is 6.18. The first-order valence-electron chi connectivity index (χ1n) is 5.51. The second kappa shape index (κ2) is 7.82. The van der Waals surface area contributed by atoms with Gasteiger partial charge >= 0.3 is 6.47 Å². The SMILES string of the molecule is CCCC(CCc1cccnc1)OOC=O. The average molecular weight is 223 g/mol. The molecule has 0 fully saturated rings. The van der Waals surface area contributed by atoms with Crippen LogP contribution in [0.3, 0.4) is 0 Å². The first-order chi connectivity index (χ1) is 7.86. The zero-order valence-corrected chi connectivity index (χ0v) is 9.46. The summed E-state index contributed by atoms with van der Waals surface area (Å²) < 4.78 is 0. The molecule has 4 nitrogen and oxygen atoms in total. The third-order valence-corrected chi connectivity index (χ3v) is 2.32. The van der Waals surface area contributed by atoms with E-state index < -0.39 is 0 Å². The molecule has 0 aromatic carbocycles. The highest BCUT2D eigenvalue weighted by Gasteiger charge is 2.09. The summed E-state index contributed by atoms with van der Waals surface area (Å²) in [5.74, 6) is 0. The van der Waals surface area contributed by atoms with E-state index >= 15 is 0 Å². The van der Waals surface area contributed by atoms with Crippen LogP contribution < -0.4 is 0 Å². The van der Waals surface area contributed by atoms with E-state index in [-0.39, 0.29) is 6.10 Å². The molecule has 4 heteroatoms. The van der Waals surface area contributed by atoms with Crippen LogP contribution in [0.2, 0.25) is 0 Å². The quantitative estimate of drug-likeness (QED) is 0.385. The van der Waals surface area contributed by atoms with Crippen LogP contribution in [0.1, 0.15) is 31.7 Å². The molecule has 1 aromatic heterocycles. The molecule has 0 saturated heterocycles. The molecule has 1 unspecified atom stereocenters. The van der Waals surface area contributed by atoms with Gasteiger partial charge in [-0.25, -0.2) is 0 Å². The molecule has 0 radical (unpaired) electrons. The Morgan fingerprint density at radius 1 is 1.50 bits per heavy atom. The lowest BCUT2D eigenvalue weighted by Gasteiger charge is -2.13. The highest BCUT2D eigenvalue weighted by molar-refractivity contribution is 5.35. The standard InChI is InChI=1S/C12H17NO3/c1-2-4-12(16-15-10-14)7-6-11-5-3-8-13-9-11/h3,5,8-10,12H,2,4,6-7H2,1H3. The van der Waals surface area contributed by atoms with Gasteiger partial charge in [-0.2, -0.15) is 4.89 Å². The molecule has 0 aliphatic carbocycles. The number of rotatable bonds is 8. The van der Waals surface area contributed by atoms with Crippen LogP contribution in [0.15, 0.2) is 24.5 Å². The lowest BCUT2D eigenvalue weighted by Crippen LogP contribution is -2.14. The maximum Gasteiger partial charge on any atom is 0.330 e. The monoisotopic (exact) mass is 223 g/mol.